The van der Waals surface area contributed by atoms with Gasteiger partial charge >= 0.3 is 0 Å². The number of nitrogens with one attached hydrogen (secondary N) is 1. The predicted molar refractivity (Wildman–Crippen MR) is 67.8 cm³/mol. The van der Waals surface area contributed by atoms with Gasteiger partial charge in [-0.05, 0) is 19.8 Å². The highest BCUT2D eigenvalue weighted by atomic mass is 32.2. The molecule has 0 spiro atoms. The van der Waals surface area contributed by atoms with Crippen molar-refractivity contribution in [1.82, 2.24) is 9.97 Å². The fourth-order valence-electron chi connectivity index (χ4n) is 1.83. The van der Waals surface area contributed by atoms with Gasteiger partial charge in [-0.1, -0.05) is 0 Å². The molecule has 1 saturated heterocycles. The lowest BCUT2D eigenvalue weighted by atomic mass is 10.2. The van der Waals surface area contributed by atoms with E-state index >= 15 is 0 Å². The summed E-state index contributed by atoms with van der Waals surface area (Å²) in [5.41, 5.74) is 0.874. The van der Waals surface area contributed by atoms with Gasteiger partial charge in [-0.3, -0.25) is 4.21 Å². The molecule has 0 saturated carbocycles. The Hall–Kier alpha value is -1.17. The molecule has 0 radical (unpaired) electrons. The Morgan fingerprint density at radius 1 is 1.41 bits per heavy atom. The standard InChI is InChI=1S/C11H17N3O2S/c1-8-7-10(16-2)14-11(12-8)13-9-3-5-17(15)6-4-9/h7,9H,3-6H2,1-2H3,(H,12,13,14). The van der Waals surface area contributed by atoms with Crippen LogP contribution in [0.4, 0.5) is 5.95 Å². The Kier molecular flexibility index (Phi) is 3.93. The summed E-state index contributed by atoms with van der Waals surface area (Å²) >= 11 is 0. The maximum atomic E-state index is 11.2. The van der Waals surface area contributed by atoms with Crippen LogP contribution in [0.5, 0.6) is 5.88 Å². The molecule has 6 heteroatoms. The number of nitrogens with zero attached hydrogens (tertiary/aromatic N) is 2. The Labute approximate surface area is 103 Å². The number of hydrogen-bond acceptors (Lipinski definition) is 5. The number of methoxy groups -OCH3 is 1. The van der Waals surface area contributed by atoms with Gasteiger partial charge in [-0.25, -0.2) is 4.98 Å². The summed E-state index contributed by atoms with van der Waals surface area (Å²) in [7, 11) is 0.958. The zero-order valence-electron chi connectivity index (χ0n) is 10.1. The van der Waals surface area contributed by atoms with Gasteiger partial charge < -0.3 is 10.1 Å². The maximum Gasteiger partial charge on any atom is 0.226 e. The first-order valence-electron chi connectivity index (χ1n) is 5.68. The lowest BCUT2D eigenvalue weighted by Crippen LogP contribution is -2.30. The topological polar surface area (TPSA) is 64.1 Å². The van der Waals surface area contributed by atoms with Crippen molar-refractivity contribution < 1.29 is 8.95 Å². The normalized spacial score (nSPS) is 24.4. The van der Waals surface area contributed by atoms with Crippen molar-refractivity contribution in [2.45, 2.75) is 25.8 Å². The second-order valence-electron chi connectivity index (χ2n) is 4.14. The minimum Gasteiger partial charge on any atom is -0.481 e. The minimum atomic E-state index is -0.635. The van der Waals surface area contributed by atoms with Gasteiger partial charge in [0.15, 0.2) is 0 Å². The van der Waals surface area contributed by atoms with Crippen molar-refractivity contribution in [1.29, 1.82) is 0 Å². The summed E-state index contributed by atoms with van der Waals surface area (Å²) in [6.07, 6.45) is 1.82. The van der Waals surface area contributed by atoms with E-state index in [9.17, 15) is 4.21 Å². The molecule has 1 N–H and O–H groups in total. The third-order valence-electron chi connectivity index (χ3n) is 2.76. The zero-order chi connectivity index (χ0) is 12.3. The summed E-state index contributed by atoms with van der Waals surface area (Å²) in [5.74, 6) is 2.69. The fraction of sp³-hybridized carbons (Fsp3) is 0.636. The molecule has 1 aliphatic rings. The third kappa shape index (κ3) is 3.39. The molecule has 0 bridgehead atoms. The van der Waals surface area contributed by atoms with Gasteiger partial charge in [0.1, 0.15) is 0 Å². The SMILES string of the molecule is COc1cc(C)nc(NC2CCS(=O)CC2)n1. The smallest absolute Gasteiger partial charge is 0.226 e. The number of rotatable bonds is 3. The number of ether oxygens (including phenoxy) is 1. The largest absolute Gasteiger partial charge is 0.481 e. The molecule has 1 fully saturated rings. The van der Waals surface area contributed by atoms with E-state index in [1.165, 1.54) is 0 Å². The van der Waals surface area contributed by atoms with Gasteiger partial charge in [0.25, 0.3) is 0 Å². The van der Waals surface area contributed by atoms with Gasteiger partial charge in [-0.2, -0.15) is 4.98 Å². The van der Waals surface area contributed by atoms with Gasteiger partial charge in [0, 0.05) is 40.1 Å². The summed E-state index contributed by atoms with van der Waals surface area (Å²) in [4.78, 5) is 8.56. The summed E-state index contributed by atoms with van der Waals surface area (Å²) in [6.45, 7) is 1.91. The van der Waals surface area contributed by atoms with Crippen molar-refractivity contribution in [3.63, 3.8) is 0 Å². The second kappa shape index (κ2) is 5.44. The Morgan fingerprint density at radius 3 is 2.76 bits per heavy atom. The second-order valence-corrected chi connectivity index (χ2v) is 5.84. The van der Waals surface area contributed by atoms with Crippen LogP contribution in [0.25, 0.3) is 0 Å². The van der Waals surface area contributed by atoms with Gasteiger partial charge in [0.05, 0.1) is 7.11 Å². The summed E-state index contributed by atoms with van der Waals surface area (Å²) in [5, 5.41) is 3.28. The molecule has 1 aromatic heterocycles. The first kappa shape index (κ1) is 12.3. The third-order valence-corrected chi connectivity index (χ3v) is 4.14. The van der Waals surface area contributed by atoms with Crippen molar-refractivity contribution in [3.05, 3.63) is 11.8 Å². The number of aryl methyl sites for hydroxylation is 1. The van der Waals surface area contributed by atoms with E-state index in [2.05, 4.69) is 15.3 Å². The molecule has 94 valence electrons. The molecule has 0 amide bonds. The van der Waals surface area contributed by atoms with E-state index in [4.69, 9.17) is 4.74 Å². The van der Waals surface area contributed by atoms with Crippen molar-refractivity contribution >= 4 is 16.7 Å². The molecule has 2 rings (SSSR count). The minimum absolute atomic E-state index is 0.319. The molecular weight excluding hydrogens is 238 g/mol. The first-order valence-corrected chi connectivity index (χ1v) is 7.17. The highest BCUT2D eigenvalue weighted by Gasteiger charge is 2.18. The van der Waals surface area contributed by atoms with E-state index in [0.717, 1.165) is 30.0 Å². The van der Waals surface area contributed by atoms with E-state index in [-0.39, 0.29) is 0 Å². The van der Waals surface area contributed by atoms with E-state index in [0.29, 0.717) is 17.9 Å². The van der Waals surface area contributed by atoms with Crippen LogP contribution in [-0.4, -0.2) is 38.8 Å². The molecule has 0 unspecified atom stereocenters. The predicted octanol–water partition coefficient (Wildman–Crippen LogP) is 1.12. The molecule has 0 aliphatic carbocycles. The molecular formula is C11H17N3O2S. The highest BCUT2D eigenvalue weighted by Crippen LogP contribution is 2.16. The lowest BCUT2D eigenvalue weighted by Gasteiger charge is -2.22. The Morgan fingerprint density at radius 2 is 2.12 bits per heavy atom. The average Bonchev–Trinajstić information content (AvgIpc) is 2.31. The molecule has 1 aromatic rings. The van der Waals surface area contributed by atoms with Crippen LogP contribution in [0, 0.1) is 6.92 Å². The molecule has 0 atom stereocenters. The van der Waals surface area contributed by atoms with E-state index < -0.39 is 10.8 Å². The molecule has 1 aliphatic heterocycles. The van der Waals surface area contributed by atoms with E-state index in [1.807, 2.05) is 6.92 Å². The molecule has 17 heavy (non-hydrogen) atoms. The van der Waals surface area contributed by atoms with Crippen LogP contribution in [0.15, 0.2) is 6.07 Å². The van der Waals surface area contributed by atoms with E-state index in [1.54, 1.807) is 13.2 Å². The zero-order valence-corrected chi connectivity index (χ0v) is 10.9. The van der Waals surface area contributed by atoms with Crippen molar-refractivity contribution in [2.24, 2.45) is 0 Å². The average molecular weight is 255 g/mol. The summed E-state index contributed by atoms with van der Waals surface area (Å²) in [6, 6.07) is 2.11. The Bertz CT molecular complexity index is 415. The van der Waals surface area contributed by atoms with Gasteiger partial charge in [-0.15, -0.1) is 0 Å². The van der Waals surface area contributed by atoms with Crippen molar-refractivity contribution in [2.75, 3.05) is 23.9 Å². The quantitative estimate of drug-likeness (QED) is 0.876. The lowest BCUT2D eigenvalue weighted by molar-refractivity contribution is 0.396. The van der Waals surface area contributed by atoms with Crippen LogP contribution in [-0.2, 0) is 10.8 Å². The molecule has 0 aromatic carbocycles. The monoisotopic (exact) mass is 255 g/mol. The highest BCUT2D eigenvalue weighted by molar-refractivity contribution is 7.85. The maximum absolute atomic E-state index is 11.2. The van der Waals surface area contributed by atoms with Gasteiger partial charge in [0.2, 0.25) is 11.8 Å². The van der Waals surface area contributed by atoms with Crippen LogP contribution >= 0.6 is 0 Å². The molecule has 5 nitrogen and oxygen atoms in total. The van der Waals surface area contributed by atoms with Crippen LogP contribution in [0.2, 0.25) is 0 Å². The van der Waals surface area contributed by atoms with Crippen LogP contribution < -0.4 is 10.1 Å². The van der Waals surface area contributed by atoms with Crippen molar-refractivity contribution in [3.8, 4) is 5.88 Å². The fourth-order valence-corrected chi connectivity index (χ4v) is 3.13. The van der Waals surface area contributed by atoms with Crippen LogP contribution in [0.3, 0.4) is 0 Å². The number of hydrogen-bond donors (Lipinski definition) is 1. The first-order chi connectivity index (χ1) is 8.17. The number of anilines is 1. The number of aromatic nitrogens is 2. The Balaban J connectivity index is 2.02. The summed E-state index contributed by atoms with van der Waals surface area (Å²) < 4.78 is 16.3. The molecule has 2 heterocycles. The van der Waals surface area contributed by atoms with Crippen LogP contribution in [0.1, 0.15) is 18.5 Å².